The molecule has 0 saturated carbocycles. The molecule has 1 unspecified atom stereocenters. The first kappa shape index (κ1) is 10.5. The number of nitrogens with zero attached hydrogens (tertiary/aromatic N) is 2. The number of hydrogen-bond acceptors (Lipinski definition) is 4. The van der Waals surface area contributed by atoms with Gasteiger partial charge in [0.05, 0.1) is 12.2 Å². The minimum Gasteiger partial charge on any atom is -0.340 e. The molecule has 2 N–H and O–H groups in total. The summed E-state index contributed by atoms with van der Waals surface area (Å²) in [5.74, 6) is 2.62. The molecule has 1 aliphatic rings. The Bertz CT molecular complexity index is 391. The number of nitrogens with two attached hydrogens (primary N) is 1. The minimum atomic E-state index is 0.309. The second-order valence-electron chi connectivity index (χ2n) is 3.93. The molecule has 1 aromatic rings. The average molecular weight is 221 g/mol. The first-order chi connectivity index (χ1) is 7.20. The van der Waals surface area contributed by atoms with Crippen molar-refractivity contribution in [1.82, 2.24) is 4.98 Å². The van der Waals surface area contributed by atoms with Crippen molar-refractivity contribution in [3.8, 4) is 12.3 Å². The molecule has 0 radical (unpaired) electrons. The smallest absolute Gasteiger partial charge is 0.186 e. The largest absolute Gasteiger partial charge is 0.340 e. The zero-order chi connectivity index (χ0) is 10.8. The molecule has 0 aliphatic heterocycles. The number of terminal acetylenes is 1. The lowest BCUT2D eigenvalue weighted by molar-refractivity contribution is 0.576. The third-order valence-corrected chi connectivity index (χ3v) is 3.86. The first-order valence-electron chi connectivity index (χ1n) is 5.09. The van der Waals surface area contributed by atoms with Gasteiger partial charge in [-0.2, -0.15) is 0 Å². The highest BCUT2D eigenvalue weighted by Gasteiger charge is 2.20. The normalized spacial score (nSPS) is 19.4. The van der Waals surface area contributed by atoms with E-state index in [1.54, 1.807) is 11.3 Å². The third-order valence-electron chi connectivity index (χ3n) is 2.62. The Hall–Kier alpha value is -1.05. The van der Waals surface area contributed by atoms with Crippen molar-refractivity contribution in [3.05, 3.63) is 10.6 Å². The second-order valence-corrected chi connectivity index (χ2v) is 4.99. The van der Waals surface area contributed by atoms with E-state index in [2.05, 4.69) is 10.9 Å². The molecule has 0 amide bonds. The van der Waals surface area contributed by atoms with Gasteiger partial charge in [-0.05, 0) is 19.3 Å². The summed E-state index contributed by atoms with van der Waals surface area (Å²) in [7, 11) is 1.98. The third kappa shape index (κ3) is 2.14. The van der Waals surface area contributed by atoms with Crippen LogP contribution in [-0.2, 0) is 12.8 Å². The molecule has 15 heavy (non-hydrogen) atoms. The summed E-state index contributed by atoms with van der Waals surface area (Å²) in [6.45, 7) is 0.610. The standard InChI is InChI=1S/C11H15N3S/c1-3-6-14(2)11-13-9-5-4-8(12)7-10(9)15-11/h1,8H,4-7,12H2,2H3. The predicted molar refractivity (Wildman–Crippen MR) is 64.2 cm³/mol. The van der Waals surface area contributed by atoms with Crippen LogP contribution < -0.4 is 10.6 Å². The Morgan fingerprint density at radius 3 is 3.27 bits per heavy atom. The molecule has 1 aromatic heterocycles. The van der Waals surface area contributed by atoms with E-state index < -0.39 is 0 Å². The van der Waals surface area contributed by atoms with Crippen molar-refractivity contribution in [2.75, 3.05) is 18.5 Å². The van der Waals surface area contributed by atoms with Crippen LogP contribution in [-0.4, -0.2) is 24.6 Å². The van der Waals surface area contributed by atoms with Gasteiger partial charge in [0.1, 0.15) is 0 Å². The minimum absolute atomic E-state index is 0.309. The van der Waals surface area contributed by atoms with E-state index in [0.717, 1.165) is 24.4 Å². The van der Waals surface area contributed by atoms with Crippen LogP contribution in [0.3, 0.4) is 0 Å². The van der Waals surface area contributed by atoms with Crippen molar-refractivity contribution < 1.29 is 0 Å². The van der Waals surface area contributed by atoms with Gasteiger partial charge in [0.25, 0.3) is 0 Å². The van der Waals surface area contributed by atoms with Crippen molar-refractivity contribution in [1.29, 1.82) is 0 Å². The van der Waals surface area contributed by atoms with E-state index in [1.807, 2.05) is 11.9 Å². The highest BCUT2D eigenvalue weighted by molar-refractivity contribution is 7.15. The van der Waals surface area contributed by atoms with Gasteiger partial charge in [-0.15, -0.1) is 17.8 Å². The first-order valence-corrected chi connectivity index (χ1v) is 5.91. The maximum absolute atomic E-state index is 5.93. The van der Waals surface area contributed by atoms with Gasteiger partial charge in [-0.25, -0.2) is 4.98 Å². The number of anilines is 1. The van der Waals surface area contributed by atoms with Gasteiger partial charge >= 0.3 is 0 Å². The molecule has 3 nitrogen and oxygen atoms in total. The van der Waals surface area contributed by atoms with Gasteiger partial charge in [-0.3, -0.25) is 0 Å². The van der Waals surface area contributed by atoms with Gasteiger partial charge in [0.2, 0.25) is 0 Å². The van der Waals surface area contributed by atoms with Crippen molar-refractivity contribution in [3.63, 3.8) is 0 Å². The monoisotopic (exact) mass is 221 g/mol. The summed E-state index contributed by atoms with van der Waals surface area (Å²) in [5.41, 5.74) is 7.15. The summed E-state index contributed by atoms with van der Waals surface area (Å²) >= 11 is 1.73. The molecule has 0 spiro atoms. The highest BCUT2D eigenvalue weighted by Crippen LogP contribution is 2.30. The van der Waals surface area contributed by atoms with E-state index in [-0.39, 0.29) is 0 Å². The molecule has 0 fully saturated rings. The fourth-order valence-corrected chi connectivity index (χ4v) is 2.91. The molecule has 0 saturated heterocycles. The fourth-order valence-electron chi connectivity index (χ4n) is 1.75. The van der Waals surface area contributed by atoms with Gasteiger partial charge in [-0.1, -0.05) is 5.92 Å². The number of aryl methyl sites for hydroxylation is 1. The number of aromatic nitrogens is 1. The lowest BCUT2D eigenvalue weighted by Gasteiger charge is -2.15. The van der Waals surface area contributed by atoms with Crippen LogP contribution >= 0.6 is 11.3 Å². The molecule has 0 aromatic carbocycles. The number of hydrogen-bond donors (Lipinski definition) is 1. The summed E-state index contributed by atoms with van der Waals surface area (Å²) in [5, 5.41) is 1.02. The Morgan fingerprint density at radius 1 is 1.73 bits per heavy atom. The Kier molecular flexibility index (Phi) is 2.94. The van der Waals surface area contributed by atoms with E-state index in [0.29, 0.717) is 12.6 Å². The zero-order valence-electron chi connectivity index (χ0n) is 8.86. The van der Waals surface area contributed by atoms with Crippen molar-refractivity contribution >= 4 is 16.5 Å². The maximum atomic E-state index is 5.93. The van der Waals surface area contributed by atoms with Crippen LogP contribution in [0.2, 0.25) is 0 Å². The van der Waals surface area contributed by atoms with Crippen LogP contribution in [0.15, 0.2) is 0 Å². The molecule has 1 aliphatic carbocycles. The van der Waals surface area contributed by atoms with Gasteiger partial charge in [0, 0.05) is 18.0 Å². The summed E-state index contributed by atoms with van der Waals surface area (Å²) < 4.78 is 0. The average Bonchev–Trinajstić information content (AvgIpc) is 2.60. The lowest BCUT2D eigenvalue weighted by Crippen LogP contribution is -2.27. The predicted octanol–water partition coefficient (Wildman–Crippen LogP) is 1.03. The molecule has 2 rings (SSSR count). The fraction of sp³-hybridized carbons (Fsp3) is 0.545. The molecule has 0 bridgehead atoms. The number of thiazole rings is 1. The quantitative estimate of drug-likeness (QED) is 0.758. The lowest BCUT2D eigenvalue weighted by atomic mass is 9.99. The van der Waals surface area contributed by atoms with E-state index in [1.165, 1.54) is 10.6 Å². The SMILES string of the molecule is C#CCN(C)c1nc2c(s1)CC(N)CC2. The van der Waals surface area contributed by atoms with E-state index in [9.17, 15) is 0 Å². The Balaban J connectivity index is 2.19. The van der Waals surface area contributed by atoms with Crippen molar-refractivity contribution in [2.24, 2.45) is 5.73 Å². The molecule has 1 atom stereocenters. The second kappa shape index (κ2) is 4.21. The van der Waals surface area contributed by atoms with Crippen LogP contribution in [0, 0.1) is 12.3 Å². The molecular weight excluding hydrogens is 206 g/mol. The van der Waals surface area contributed by atoms with E-state index >= 15 is 0 Å². The Morgan fingerprint density at radius 2 is 2.53 bits per heavy atom. The molecular formula is C11H15N3S. The molecule has 80 valence electrons. The molecule has 1 heterocycles. The van der Waals surface area contributed by atoms with Crippen LogP contribution in [0.5, 0.6) is 0 Å². The van der Waals surface area contributed by atoms with Crippen molar-refractivity contribution in [2.45, 2.75) is 25.3 Å². The van der Waals surface area contributed by atoms with Crippen LogP contribution in [0.25, 0.3) is 0 Å². The van der Waals surface area contributed by atoms with Crippen LogP contribution in [0.1, 0.15) is 17.0 Å². The zero-order valence-corrected chi connectivity index (χ0v) is 9.68. The number of fused-ring (bicyclic) bond motifs is 1. The number of rotatable bonds is 2. The van der Waals surface area contributed by atoms with Gasteiger partial charge < -0.3 is 10.6 Å². The molecule has 4 heteroatoms. The topological polar surface area (TPSA) is 42.2 Å². The summed E-state index contributed by atoms with van der Waals surface area (Å²) in [4.78, 5) is 7.95. The Labute approximate surface area is 94.3 Å². The summed E-state index contributed by atoms with van der Waals surface area (Å²) in [6, 6.07) is 0.309. The van der Waals surface area contributed by atoms with Gasteiger partial charge in [0.15, 0.2) is 5.13 Å². The van der Waals surface area contributed by atoms with E-state index in [4.69, 9.17) is 12.2 Å². The van der Waals surface area contributed by atoms with Crippen LogP contribution in [0.4, 0.5) is 5.13 Å². The highest BCUT2D eigenvalue weighted by atomic mass is 32.1. The maximum Gasteiger partial charge on any atom is 0.186 e. The summed E-state index contributed by atoms with van der Waals surface area (Å²) in [6.07, 6.45) is 8.31.